The number of rotatable bonds is 7. The summed E-state index contributed by atoms with van der Waals surface area (Å²) in [6.07, 6.45) is 0. The average molecular weight is 422 g/mol. The number of carbonyl (C=O) groups is 1. The van der Waals surface area contributed by atoms with E-state index in [0.29, 0.717) is 23.0 Å². The van der Waals surface area contributed by atoms with Gasteiger partial charge in [-0.25, -0.2) is 0 Å². The van der Waals surface area contributed by atoms with Crippen LogP contribution in [0.15, 0.2) is 72.8 Å². The van der Waals surface area contributed by atoms with Gasteiger partial charge >= 0.3 is 0 Å². The fourth-order valence-corrected chi connectivity index (χ4v) is 2.94. The molecule has 30 heavy (non-hydrogen) atoms. The number of carbonyl (C=O) groups excluding carboxylic acids is 1. The Morgan fingerprint density at radius 2 is 1.47 bits per heavy atom. The van der Waals surface area contributed by atoms with Crippen LogP contribution in [0.2, 0.25) is 0 Å². The van der Waals surface area contributed by atoms with E-state index in [4.69, 9.17) is 21.7 Å². The molecule has 0 fully saturated rings. The molecule has 7 heteroatoms. The van der Waals surface area contributed by atoms with E-state index < -0.39 is 0 Å². The summed E-state index contributed by atoms with van der Waals surface area (Å²) in [5, 5.41) is 9.50. The van der Waals surface area contributed by atoms with Crippen LogP contribution in [0.3, 0.4) is 0 Å². The van der Waals surface area contributed by atoms with E-state index >= 15 is 0 Å². The van der Waals surface area contributed by atoms with Crippen LogP contribution >= 0.6 is 12.2 Å². The molecule has 6 nitrogen and oxygen atoms in total. The third kappa shape index (κ3) is 5.96. The Balaban J connectivity index is 1.55. The third-order valence-corrected chi connectivity index (χ3v) is 4.36. The molecule has 0 atom stereocenters. The van der Waals surface area contributed by atoms with Gasteiger partial charge in [-0.1, -0.05) is 6.07 Å². The number of thiocarbonyl (C=S) groups is 1. The van der Waals surface area contributed by atoms with Crippen molar-refractivity contribution in [3.05, 3.63) is 78.4 Å². The van der Waals surface area contributed by atoms with Crippen LogP contribution in [-0.4, -0.2) is 24.7 Å². The van der Waals surface area contributed by atoms with Gasteiger partial charge in [0.2, 0.25) is 0 Å². The maximum absolute atomic E-state index is 12.4. The number of anilines is 3. The van der Waals surface area contributed by atoms with Crippen LogP contribution in [0.25, 0.3) is 0 Å². The molecule has 0 bridgehead atoms. The van der Waals surface area contributed by atoms with Crippen molar-refractivity contribution >= 4 is 40.3 Å². The van der Waals surface area contributed by atoms with E-state index in [1.807, 2.05) is 55.5 Å². The fourth-order valence-electron chi connectivity index (χ4n) is 2.70. The van der Waals surface area contributed by atoms with Crippen molar-refractivity contribution in [1.82, 2.24) is 0 Å². The van der Waals surface area contributed by atoms with Crippen molar-refractivity contribution in [3.63, 3.8) is 0 Å². The van der Waals surface area contributed by atoms with Crippen molar-refractivity contribution in [2.45, 2.75) is 6.92 Å². The predicted molar refractivity (Wildman–Crippen MR) is 125 cm³/mol. The molecule has 3 rings (SSSR count). The predicted octanol–water partition coefficient (Wildman–Crippen LogP) is 5.16. The Bertz CT molecular complexity index is 1000. The summed E-state index contributed by atoms with van der Waals surface area (Å²) < 4.78 is 10.6. The molecule has 0 aliphatic rings. The van der Waals surface area contributed by atoms with Gasteiger partial charge in [-0.3, -0.25) is 4.79 Å². The Labute approximate surface area is 181 Å². The maximum atomic E-state index is 12.4. The molecular formula is C23H23N3O3S. The van der Waals surface area contributed by atoms with Gasteiger partial charge in [0, 0.05) is 28.7 Å². The maximum Gasteiger partial charge on any atom is 0.255 e. The van der Waals surface area contributed by atoms with E-state index in [-0.39, 0.29) is 5.91 Å². The van der Waals surface area contributed by atoms with Crippen molar-refractivity contribution in [2.24, 2.45) is 0 Å². The van der Waals surface area contributed by atoms with E-state index in [9.17, 15) is 4.79 Å². The first-order valence-corrected chi connectivity index (χ1v) is 9.84. The third-order valence-electron chi connectivity index (χ3n) is 4.16. The molecule has 0 unspecified atom stereocenters. The molecule has 0 aliphatic heterocycles. The van der Waals surface area contributed by atoms with Gasteiger partial charge in [0.05, 0.1) is 13.7 Å². The standard InChI is InChI=1S/C23H23N3O3S/c1-3-29-20-13-11-17(12-14-20)24-22(27)16-7-9-18(10-8-16)25-23(30)26-19-5-4-6-21(15-19)28-2/h4-15H,3H2,1-2H3,(H,24,27)(H2,25,26,30). The van der Waals surface area contributed by atoms with E-state index in [2.05, 4.69) is 16.0 Å². The molecule has 154 valence electrons. The van der Waals surface area contributed by atoms with E-state index in [1.165, 1.54) is 0 Å². The van der Waals surface area contributed by atoms with Crippen molar-refractivity contribution in [2.75, 3.05) is 29.7 Å². The van der Waals surface area contributed by atoms with Gasteiger partial charge in [0.1, 0.15) is 11.5 Å². The topological polar surface area (TPSA) is 71.6 Å². The number of methoxy groups -OCH3 is 1. The molecule has 3 aromatic carbocycles. The van der Waals surface area contributed by atoms with Crippen molar-refractivity contribution in [3.8, 4) is 11.5 Å². The lowest BCUT2D eigenvalue weighted by atomic mass is 10.2. The summed E-state index contributed by atoms with van der Waals surface area (Å²) in [7, 11) is 1.61. The van der Waals surface area contributed by atoms with Gasteiger partial charge in [-0.15, -0.1) is 0 Å². The molecule has 3 N–H and O–H groups in total. The quantitative estimate of drug-likeness (QED) is 0.458. The zero-order chi connectivity index (χ0) is 21.3. The smallest absolute Gasteiger partial charge is 0.255 e. The zero-order valence-corrected chi connectivity index (χ0v) is 17.6. The molecule has 0 spiro atoms. The lowest BCUT2D eigenvalue weighted by Gasteiger charge is -2.12. The van der Waals surface area contributed by atoms with Crippen LogP contribution in [0.4, 0.5) is 17.1 Å². The number of hydrogen-bond acceptors (Lipinski definition) is 4. The largest absolute Gasteiger partial charge is 0.497 e. The molecule has 0 aromatic heterocycles. The normalized spacial score (nSPS) is 10.1. The summed E-state index contributed by atoms with van der Waals surface area (Å²) in [5.74, 6) is 1.32. The molecule has 0 heterocycles. The molecule has 0 saturated heterocycles. The number of nitrogens with one attached hydrogen (secondary N) is 3. The second-order valence-corrected chi connectivity index (χ2v) is 6.71. The van der Waals surface area contributed by atoms with Gasteiger partial charge < -0.3 is 25.4 Å². The Morgan fingerprint density at radius 3 is 2.13 bits per heavy atom. The number of ether oxygens (including phenoxy) is 2. The highest BCUT2D eigenvalue weighted by Gasteiger charge is 2.07. The first-order valence-electron chi connectivity index (χ1n) is 9.43. The summed E-state index contributed by atoms with van der Waals surface area (Å²) in [6.45, 7) is 2.53. The van der Waals surface area contributed by atoms with Gasteiger partial charge in [-0.05, 0) is 79.8 Å². The van der Waals surface area contributed by atoms with Gasteiger partial charge in [0.25, 0.3) is 5.91 Å². The minimum atomic E-state index is -0.192. The highest BCUT2D eigenvalue weighted by atomic mass is 32.1. The van der Waals surface area contributed by atoms with E-state index in [1.54, 1.807) is 31.4 Å². The highest BCUT2D eigenvalue weighted by molar-refractivity contribution is 7.80. The monoisotopic (exact) mass is 421 g/mol. The minimum Gasteiger partial charge on any atom is -0.497 e. The Hall–Kier alpha value is -3.58. The van der Waals surface area contributed by atoms with E-state index in [0.717, 1.165) is 22.9 Å². The Morgan fingerprint density at radius 1 is 0.833 bits per heavy atom. The lowest BCUT2D eigenvalue weighted by molar-refractivity contribution is 0.102. The molecule has 3 aromatic rings. The summed E-state index contributed by atoms with van der Waals surface area (Å²) >= 11 is 5.35. The van der Waals surface area contributed by atoms with Crippen LogP contribution in [0.1, 0.15) is 17.3 Å². The highest BCUT2D eigenvalue weighted by Crippen LogP contribution is 2.19. The fraction of sp³-hybridized carbons (Fsp3) is 0.130. The second-order valence-electron chi connectivity index (χ2n) is 6.30. The SMILES string of the molecule is CCOc1ccc(NC(=O)c2ccc(NC(=S)Nc3cccc(OC)c3)cc2)cc1. The van der Waals surface area contributed by atoms with Crippen molar-refractivity contribution in [1.29, 1.82) is 0 Å². The lowest BCUT2D eigenvalue weighted by Crippen LogP contribution is -2.19. The molecule has 0 saturated carbocycles. The van der Waals surface area contributed by atoms with Crippen molar-refractivity contribution < 1.29 is 14.3 Å². The first kappa shape index (κ1) is 21.1. The van der Waals surface area contributed by atoms with Crippen LogP contribution in [0, 0.1) is 0 Å². The number of amides is 1. The molecule has 1 amide bonds. The summed E-state index contributed by atoms with van der Waals surface area (Å²) in [4.78, 5) is 12.4. The summed E-state index contributed by atoms with van der Waals surface area (Å²) in [5.41, 5.74) is 2.83. The average Bonchev–Trinajstić information content (AvgIpc) is 2.76. The van der Waals surface area contributed by atoms with Crippen LogP contribution < -0.4 is 25.4 Å². The zero-order valence-electron chi connectivity index (χ0n) is 16.8. The summed E-state index contributed by atoms with van der Waals surface area (Å²) in [6, 6.07) is 21.8. The number of benzene rings is 3. The molecule has 0 radical (unpaired) electrons. The Kier molecular flexibility index (Phi) is 7.24. The molecular weight excluding hydrogens is 398 g/mol. The van der Waals surface area contributed by atoms with Crippen LogP contribution in [0.5, 0.6) is 11.5 Å². The molecule has 0 aliphatic carbocycles. The van der Waals surface area contributed by atoms with Gasteiger partial charge in [-0.2, -0.15) is 0 Å². The second kappa shape index (κ2) is 10.3. The van der Waals surface area contributed by atoms with Gasteiger partial charge in [0.15, 0.2) is 5.11 Å². The number of hydrogen-bond donors (Lipinski definition) is 3. The first-order chi connectivity index (χ1) is 14.6. The van der Waals surface area contributed by atoms with Crippen LogP contribution in [-0.2, 0) is 0 Å². The minimum absolute atomic E-state index is 0.192.